The lowest BCUT2D eigenvalue weighted by molar-refractivity contribution is -0.139. The molecule has 2 heterocycles. The van der Waals surface area contributed by atoms with Gasteiger partial charge in [-0.25, -0.2) is 9.88 Å². The van der Waals surface area contributed by atoms with Gasteiger partial charge in [0.05, 0.1) is 28.1 Å². The molecule has 0 spiro atoms. The molecule has 176 valence electrons. The van der Waals surface area contributed by atoms with Crippen LogP contribution in [0.1, 0.15) is 44.1 Å². The van der Waals surface area contributed by atoms with Crippen molar-refractivity contribution in [3.63, 3.8) is 0 Å². The molecule has 1 saturated heterocycles. The summed E-state index contributed by atoms with van der Waals surface area (Å²) in [7, 11) is 0. The average molecular weight is 494 g/mol. The van der Waals surface area contributed by atoms with E-state index in [1.807, 2.05) is 43.3 Å². The van der Waals surface area contributed by atoms with Crippen molar-refractivity contribution in [3.05, 3.63) is 54.1 Å². The fourth-order valence-corrected chi connectivity index (χ4v) is 6.84. The Kier molecular flexibility index (Phi) is 6.70. The number of carbonyl (C=O) groups is 3. The number of thiazole rings is 1. The highest BCUT2D eigenvalue weighted by Gasteiger charge is 2.46. The molecule has 1 aliphatic carbocycles. The molecule has 0 radical (unpaired) electrons. The summed E-state index contributed by atoms with van der Waals surface area (Å²) < 4.78 is 1.93. The van der Waals surface area contributed by atoms with E-state index in [0.717, 1.165) is 52.2 Å². The summed E-state index contributed by atoms with van der Waals surface area (Å²) in [5.74, 6) is -0.421. The predicted molar refractivity (Wildman–Crippen MR) is 136 cm³/mol. The van der Waals surface area contributed by atoms with Crippen LogP contribution in [0.3, 0.4) is 0 Å². The van der Waals surface area contributed by atoms with Gasteiger partial charge < -0.3 is 4.90 Å². The summed E-state index contributed by atoms with van der Waals surface area (Å²) in [5, 5.41) is 0. The number of hydrogen-bond donors (Lipinski definition) is 0. The fraction of sp³-hybridized carbons (Fsp3) is 0.385. The van der Waals surface area contributed by atoms with Gasteiger partial charge in [-0.05, 0) is 44.0 Å². The summed E-state index contributed by atoms with van der Waals surface area (Å²) in [4.78, 5) is 47.6. The maximum atomic E-state index is 13.6. The number of imide groups is 1. The molecular formula is C26H27N3O3S2. The molecule has 1 saturated carbocycles. The van der Waals surface area contributed by atoms with Crippen LogP contribution >= 0.6 is 23.1 Å². The Morgan fingerprint density at radius 1 is 1.09 bits per heavy atom. The van der Waals surface area contributed by atoms with Crippen LogP contribution in [-0.2, 0) is 14.4 Å². The number of benzene rings is 2. The smallest absolute Gasteiger partial charge is 0.257 e. The molecule has 1 aromatic heterocycles. The molecule has 2 fully saturated rings. The molecule has 2 aromatic carbocycles. The Balaban J connectivity index is 1.36. The Morgan fingerprint density at radius 2 is 1.82 bits per heavy atom. The van der Waals surface area contributed by atoms with Crippen molar-refractivity contribution < 1.29 is 14.4 Å². The highest BCUT2D eigenvalue weighted by Crippen LogP contribution is 2.34. The molecule has 0 N–H and O–H groups in total. The maximum absolute atomic E-state index is 13.6. The zero-order chi connectivity index (χ0) is 23.7. The monoisotopic (exact) mass is 493 g/mol. The number of nitrogens with zero attached hydrogens (tertiary/aromatic N) is 3. The second-order valence-electron chi connectivity index (χ2n) is 8.95. The topological polar surface area (TPSA) is 70.6 Å². The minimum atomic E-state index is -0.736. The van der Waals surface area contributed by atoms with Crippen LogP contribution in [0, 0.1) is 6.92 Å². The first-order valence-corrected chi connectivity index (χ1v) is 13.5. The van der Waals surface area contributed by atoms with Crippen LogP contribution < -0.4 is 4.90 Å². The summed E-state index contributed by atoms with van der Waals surface area (Å²) in [6.45, 7) is 1.97. The molecule has 34 heavy (non-hydrogen) atoms. The molecular weight excluding hydrogens is 466 g/mol. The van der Waals surface area contributed by atoms with Gasteiger partial charge in [0.2, 0.25) is 11.8 Å². The van der Waals surface area contributed by atoms with Gasteiger partial charge in [0, 0.05) is 6.04 Å². The van der Waals surface area contributed by atoms with Crippen molar-refractivity contribution in [3.8, 4) is 0 Å². The van der Waals surface area contributed by atoms with Gasteiger partial charge in [-0.1, -0.05) is 60.9 Å². The first kappa shape index (κ1) is 23.1. The van der Waals surface area contributed by atoms with Crippen molar-refractivity contribution in [1.29, 1.82) is 0 Å². The van der Waals surface area contributed by atoms with Crippen LogP contribution in [-0.4, -0.2) is 45.4 Å². The summed E-state index contributed by atoms with van der Waals surface area (Å²) in [6, 6.07) is 14.6. The van der Waals surface area contributed by atoms with Crippen LogP contribution in [0.15, 0.2) is 52.9 Å². The van der Waals surface area contributed by atoms with E-state index < -0.39 is 6.04 Å². The van der Waals surface area contributed by atoms with Gasteiger partial charge in [-0.2, -0.15) is 0 Å². The second-order valence-corrected chi connectivity index (χ2v) is 11.2. The van der Waals surface area contributed by atoms with Crippen molar-refractivity contribution in [1.82, 2.24) is 9.88 Å². The first-order chi connectivity index (χ1) is 16.5. The van der Waals surface area contributed by atoms with Gasteiger partial charge in [0.25, 0.3) is 5.91 Å². The Bertz CT molecular complexity index is 1180. The third-order valence-corrected chi connectivity index (χ3v) is 8.76. The van der Waals surface area contributed by atoms with E-state index in [1.165, 1.54) is 16.7 Å². The Labute approximate surface area is 207 Å². The highest BCUT2D eigenvalue weighted by molar-refractivity contribution is 8.01. The highest BCUT2D eigenvalue weighted by atomic mass is 32.2. The van der Waals surface area contributed by atoms with Crippen LogP contribution in [0.25, 0.3) is 10.2 Å². The minimum Gasteiger partial charge on any atom is -0.326 e. The van der Waals surface area contributed by atoms with Crippen molar-refractivity contribution >= 4 is 56.7 Å². The normalized spacial score (nSPS) is 19.2. The number of para-hydroxylation sites is 1. The van der Waals surface area contributed by atoms with Crippen molar-refractivity contribution in [2.45, 2.75) is 61.9 Å². The molecule has 3 aromatic rings. The number of carbonyl (C=O) groups excluding carboxylic acids is 3. The third kappa shape index (κ3) is 4.61. The van der Waals surface area contributed by atoms with Gasteiger partial charge in [0.1, 0.15) is 6.04 Å². The van der Waals surface area contributed by atoms with Crippen LogP contribution in [0.5, 0.6) is 0 Å². The first-order valence-electron chi connectivity index (χ1n) is 11.7. The lowest BCUT2D eigenvalue weighted by Crippen LogP contribution is -2.52. The number of fused-ring (bicyclic) bond motifs is 1. The molecule has 8 heteroatoms. The van der Waals surface area contributed by atoms with Gasteiger partial charge >= 0.3 is 0 Å². The number of thioether (sulfide) groups is 1. The zero-order valence-electron chi connectivity index (χ0n) is 19.1. The van der Waals surface area contributed by atoms with Crippen LogP contribution in [0.2, 0.25) is 0 Å². The van der Waals surface area contributed by atoms with E-state index in [-0.39, 0.29) is 35.9 Å². The molecule has 5 rings (SSSR count). The number of aryl methyl sites for hydroxylation is 1. The van der Waals surface area contributed by atoms with Crippen molar-refractivity contribution in [2.75, 3.05) is 10.7 Å². The lowest BCUT2D eigenvalue weighted by atomic mass is 9.92. The van der Waals surface area contributed by atoms with E-state index in [9.17, 15) is 14.4 Å². The Hall–Kier alpha value is -2.71. The zero-order valence-corrected chi connectivity index (χ0v) is 20.7. The van der Waals surface area contributed by atoms with Gasteiger partial charge in [0.15, 0.2) is 4.34 Å². The Morgan fingerprint density at radius 3 is 2.56 bits per heavy atom. The molecule has 6 nitrogen and oxygen atoms in total. The van der Waals surface area contributed by atoms with E-state index in [0.29, 0.717) is 5.69 Å². The largest absolute Gasteiger partial charge is 0.326 e. The second kappa shape index (κ2) is 9.88. The van der Waals surface area contributed by atoms with E-state index in [2.05, 4.69) is 4.98 Å². The SMILES string of the molecule is Cc1ccc(N2C(=O)CC(N(C(=O)CSc3nc4ccccc4s3)C3CCCCC3)C2=O)cc1. The molecule has 1 atom stereocenters. The van der Waals surface area contributed by atoms with Crippen molar-refractivity contribution in [2.24, 2.45) is 0 Å². The number of rotatable bonds is 6. The fourth-order valence-electron chi connectivity index (χ4n) is 4.90. The summed E-state index contributed by atoms with van der Waals surface area (Å²) in [5.41, 5.74) is 2.56. The van der Waals surface area contributed by atoms with E-state index in [1.54, 1.807) is 28.4 Å². The number of amides is 3. The molecule has 1 aliphatic heterocycles. The number of aromatic nitrogens is 1. The summed E-state index contributed by atoms with van der Waals surface area (Å²) >= 11 is 2.98. The van der Waals surface area contributed by atoms with Crippen LogP contribution in [0.4, 0.5) is 5.69 Å². The number of hydrogen-bond acceptors (Lipinski definition) is 6. The predicted octanol–water partition coefficient (Wildman–Crippen LogP) is 5.19. The quantitative estimate of drug-likeness (QED) is 0.349. The summed E-state index contributed by atoms with van der Waals surface area (Å²) in [6.07, 6.45) is 5.01. The lowest BCUT2D eigenvalue weighted by Gasteiger charge is -2.37. The number of anilines is 1. The van der Waals surface area contributed by atoms with Gasteiger partial charge in [-0.15, -0.1) is 11.3 Å². The maximum Gasteiger partial charge on any atom is 0.257 e. The molecule has 2 aliphatic rings. The molecule has 1 unspecified atom stereocenters. The average Bonchev–Trinajstić information content (AvgIpc) is 3.39. The standard InChI is InChI=1S/C26H27N3O3S2/c1-17-11-13-19(14-12-17)29-23(30)15-21(25(29)32)28(18-7-3-2-4-8-18)24(31)16-33-26-27-20-9-5-6-10-22(20)34-26/h5-6,9-14,18,21H,2-4,7-8,15-16H2,1H3. The minimum absolute atomic E-state index is 0.00284. The van der Waals surface area contributed by atoms with E-state index in [4.69, 9.17) is 0 Å². The molecule has 0 bridgehead atoms. The van der Waals surface area contributed by atoms with E-state index >= 15 is 0 Å². The van der Waals surface area contributed by atoms with Gasteiger partial charge in [-0.3, -0.25) is 14.4 Å². The third-order valence-electron chi connectivity index (χ3n) is 6.60. The molecule has 3 amide bonds.